The van der Waals surface area contributed by atoms with E-state index in [9.17, 15) is 5.11 Å². The van der Waals surface area contributed by atoms with Gasteiger partial charge >= 0.3 is 0 Å². The van der Waals surface area contributed by atoms with Gasteiger partial charge in [0.1, 0.15) is 0 Å². The molecule has 0 fully saturated rings. The summed E-state index contributed by atoms with van der Waals surface area (Å²) in [5.41, 5.74) is 1.03. The van der Waals surface area contributed by atoms with Gasteiger partial charge in [-0.05, 0) is 24.8 Å². The molecule has 0 saturated carbocycles. The summed E-state index contributed by atoms with van der Waals surface area (Å²) < 4.78 is 0. The Bertz CT molecular complexity index is 151. The van der Waals surface area contributed by atoms with Crippen molar-refractivity contribution >= 4 is 0 Å². The van der Waals surface area contributed by atoms with Gasteiger partial charge in [0, 0.05) is 0 Å². The number of hydrogen-bond donors (Lipinski definition) is 1. The van der Waals surface area contributed by atoms with Gasteiger partial charge < -0.3 is 5.11 Å². The maximum absolute atomic E-state index is 9.80. The molecule has 0 heterocycles. The summed E-state index contributed by atoms with van der Waals surface area (Å²) in [7, 11) is 0. The van der Waals surface area contributed by atoms with E-state index in [0.29, 0.717) is 0 Å². The smallest absolute Gasteiger partial charge is 0.0747 e. The molecular weight excluding hydrogens is 184 g/mol. The zero-order valence-corrected chi connectivity index (χ0v) is 10.6. The summed E-state index contributed by atoms with van der Waals surface area (Å²) in [6.45, 7) is 8.35. The first-order valence-corrected chi connectivity index (χ1v) is 6.58. The average molecular weight is 212 g/mol. The van der Waals surface area contributed by atoms with E-state index in [1.165, 1.54) is 32.1 Å². The molecule has 0 saturated heterocycles. The number of aliphatic hydroxyl groups excluding tert-OH is 1. The van der Waals surface area contributed by atoms with Crippen molar-refractivity contribution in [1.82, 2.24) is 0 Å². The lowest BCUT2D eigenvalue weighted by Gasteiger charge is -2.13. The van der Waals surface area contributed by atoms with Crippen LogP contribution < -0.4 is 0 Å². The first-order chi connectivity index (χ1) is 7.22. The number of unbranched alkanes of at least 4 members (excludes halogenated alkanes) is 5. The van der Waals surface area contributed by atoms with Crippen LogP contribution >= 0.6 is 0 Å². The minimum Gasteiger partial charge on any atom is -0.389 e. The second-order valence-electron chi connectivity index (χ2n) is 4.48. The summed E-state index contributed by atoms with van der Waals surface area (Å²) in [6.07, 6.45) is 10.3. The van der Waals surface area contributed by atoms with E-state index < -0.39 is 0 Å². The van der Waals surface area contributed by atoms with E-state index in [1.807, 2.05) is 0 Å². The molecule has 0 aliphatic rings. The van der Waals surface area contributed by atoms with Crippen molar-refractivity contribution in [3.8, 4) is 0 Å². The Labute approximate surface area is 95.6 Å². The highest BCUT2D eigenvalue weighted by Crippen LogP contribution is 2.15. The molecule has 1 atom stereocenters. The predicted octanol–water partition coefficient (Wildman–Crippen LogP) is 4.45. The topological polar surface area (TPSA) is 20.2 Å². The predicted molar refractivity (Wildman–Crippen MR) is 68.0 cm³/mol. The quantitative estimate of drug-likeness (QED) is 0.419. The van der Waals surface area contributed by atoms with Gasteiger partial charge in [-0.3, -0.25) is 0 Å². The fourth-order valence-corrected chi connectivity index (χ4v) is 1.72. The Morgan fingerprint density at radius 2 is 1.60 bits per heavy atom. The number of rotatable bonds is 10. The van der Waals surface area contributed by atoms with Crippen LogP contribution in [-0.2, 0) is 0 Å². The zero-order chi connectivity index (χ0) is 11.5. The van der Waals surface area contributed by atoms with Gasteiger partial charge in [-0.1, -0.05) is 59.0 Å². The molecule has 1 unspecified atom stereocenters. The molecule has 1 nitrogen and oxygen atoms in total. The van der Waals surface area contributed by atoms with Crippen molar-refractivity contribution in [1.29, 1.82) is 0 Å². The molecule has 0 rings (SSSR count). The van der Waals surface area contributed by atoms with Crippen molar-refractivity contribution < 1.29 is 5.11 Å². The third-order valence-corrected chi connectivity index (χ3v) is 2.90. The molecule has 90 valence electrons. The van der Waals surface area contributed by atoms with Gasteiger partial charge in [0.25, 0.3) is 0 Å². The van der Waals surface area contributed by atoms with Crippen LogP contribution in [0.15, 0.2) is 12.2 Å². The van der Waals surface area contributed by atoms with Gasteiger partial charge in [-0.25, -0.2) is 0 Å². The molecule has 1 N–H and O–H groups in total. The summed E-state index contributed by atoms with van der Waals surface area (Å²) in [5.74, 6) is 0. The summed E-state index contributed by atoms with van der Waals surface area (Å²) in [4.78, 5) is 0. The Kier molecular flexibility index (Phi) is 10.0. The maximum Gasteiger partial charge on any atom is 0.0747 e. The normalized spacial score (nSPS) is 12.7. The Morgan fingerprint density at radius 3 is 2.20 bits per heavy atom. The zero-order valence-electron chi connectivity index (χ0n) is 10.6. The minimum absolute atomic E-state index is 0.252. The lowest BCUT2D eigenvalue weighted by atomic mass is 9.99. The standard InChI is InChI=1S/C14H28O/c1-4-6-8-9-10-12-14(15)13(3)11-7-5-2/h14-15H,3-12H2,1-2H3. The van der Waals surface area contributed by atoms with Crippen LogP contribution in [0.2, 0.25) is 0 Å². The van der Waals surface area contributed by atoms with E-state index in [4.69, 9.17) is 0 Å². The van der Waals surface area contributed by atoms with Crippen molar-refractivity contribution in [2.24, 2.45) is 0 Å². The molecule has 0 amide bonds. The average Bonchev–Trinajstić information content (AvgIpc) is 2.25. The molecule has 0 aliphatic carbocycles. The number of aliphatic hydroxyl groups is 1. The SMILES string of the molecule is C=C(CCCC)C(O)CCCCCCC. The highest BCUT2D eigenvalue weighted by molar-refractivity contribution is 5.01. The lowest BCUT2D eigenvalue weighted by molar-refractivity contribution is 0.192. The second-order valence-corrected chi connectivity index (χ2v) is 4.48. The van der Waals surface area contributed by atoms with Crippen LogP contribution in [-0.4, -0.2) is 11.2 Å². The molecule has 0 radical (unpaired) electrons. The monoisotopic (exact) mass is 212 g/mol. The summed E-state index contributed by atoms with van der Waals surface area (Å²) in [6, 6.07) is 0. The molecule has 0 aromatic carbocycles. The maximum atomic E-state index is 9.80. The molecule has 1 heteroatoms. The Morgan fingerprint density at radius 1 is 1.00 bits per heavy atom. The van der Waals surface area contributed by atoms with Crippen molar-refractivity contribution in [3.05, 3.63) is 12.2 Å². The molecule has 0 bridgehead atoms. The fraction of sp³-hybridized carbons (Fsp3) is 0.857. The molecular formula is C14H28O. The molecule has 0 aromatic rings. The van der Waals surface area contributed by atoms with Crippen molar-refractivity contribution in [3.63, 3.8) is 0 Å². The molecule has 0 spiro atoms. The van der Waals surface area contributed by atoms with E-state index in [-0.39, 0.29) is 6.10 Å². The second kappa shape index (κ2) is 10.2. The van der Waals surface area contributed by atoms with E-state index in [2.05, 4.69) is 20.4 Å². The van der Waals surface area contributed by atoms with Gasteiger partial charge in [-0.2, -0.15) is 0 Å². The van der Waals surface area contributed by atoms with Gasteiger partial charge in [0.15, 0.2) is 0 Å². The molecule has 15 heavy (non-hydrogen) atoms. The first kappa shape index (κ1) is 14.7. The summed E-state index contributed by atoms with van der Waals surface area (Å²) >= 11 is 0. The van der Waals surface area contributed by atoms with Crippen LogP contribution in [0, 0.1) is 0 Å². The third kappa shape index (κ3) is 8.68. The van der Waals surface area contributed by atoms with Gasteiger partial charge in [0.2, 0.25) is 0 Å². The van der Waals surface area contributed by atoms with Crippen molar-refractivity contribution in [2.45, 2.75) is 77.7 Å². The largest absolute Gasteiger partial charge is 0.389 e. The van der Waals surface area contributed by atoms with Crippen LogP contribution in [0.4, 0.5) is 0 Å². The van der Waals surface area contributed by atoms with Gasteiger partial charge in [0.05, 0.1) is 6.10 Å². The molecule has 0 aromatic heterocycles. The highest BCUT2D eigenvalue weighted by atomic mass is 16.3. The number of hydrogen-bond acceptors (Lipinski definition) is 1. The minimum atomic E-state index is -0.252. The molecule has 0 aliphatic heterocycles. The third-order valence-electron chi connectivity index (χ3n) is 2.90. The Hall–Kier alpha value is -0.300. The van der Waals surface area contributed by atoms with Crippen molar-refractivity contribution in [2.75, 3.05) is 0 Å². The highest BCUT2D eigenvalue weighted by Gasteiger charge is 2.07. The lowest BCUT2D eigenvalue weighted by Crippen LogP contribution is -2.09. The van der Waals surface area contributed by atoms with E-state index in [1.54, 1.807) is 0 Å². The Balaban J connectivity index is 3.38. The van der Waals surface area contributed by atoms with E-state index in [0.717, 1.165) is 31.3 Å². The summed E-state index contributed by atoms with van der Waals surface area (Å²) in [5, 5.41) is 9.80. The fourth-order valence-electron chi connectivity index (χ4n) is 1.72. The van der Waals surface area contributed by atoms with Gasteiger partial charge in [-0.15, -0.1) is 0 Å². The van der Waals surface area contributed by atoms with E-state index >= 15 is 0 Å². The first-order valence-electron chi connectivity index (χ1n) is 6.58. The van der Waals surface area contributed by atoms with Crippen LogP contribution in [0.1, 0.15) is 71.6 Å². The van der Waals surface area contributed by atoms with Crippen LogP contribution in [0.5, 0.6) is 0 Å². The van der Waals surface area contributed by atoms with Crippen LogP contribution in [0.3, 0.4) is 0 Å². The van der Waals surface area contributed by atoms with Crippen LogP contribution in [0.25, 0.3) is 0 Å².